The van der Waals surface area contributed by atoms with Gasteiger partial charge in [-0.3, -0.25) is 0 Å². The van der Waals surface area contributed by atoms with Gasteiger partial charge in [0.25, 0.3) is 0 Å². The monoisotopic (exact) mass is 431 g/mol. The zero-order chi connectivity index (χ0) is 22.4. The fraction of sp³-hybridized carbons (Fsp3) is 0.323. The van der Waals surface area contributed by atoms with E-state index in [-0.39, 0.29) is 0 Å². The van der Waals surface area contributed by atoms with E-state index in [4.69, 9.17) is 0 Å². The van der Waals surface area contributed by atoms with Crippen LogP contribution >= 0.6 is 0 Å². The van der Waals surface area contributed by atoms with Crippen LogP contribution in [0.3, 0.4) is 0 Å². The SMILES string of the molecule is Cc1ccc(C)c2c1c1ccc(C)c3c1n2c1cc(CC2CCCC2)cc2cc[n+](C)c3c21. The van der Waals surface area contributed by atoms with Gasteiger partial charge in [0.05, 0.1) is 27.3 Å². The van der Waals surface area contributed by atoms with Crippen LogP contribution in [0.5, 0.6) is 0 Å². The molecule has 33 heavy (non-hydrogen) atoms. The van der Waals surface area contributed by atoms with Crippen molar-refractivity contribution in [3.05, 3.63) is 70.9 Å². The van der Waals surface area contributed by atoms with Gasteiger partial charge in [-0.15, -0.1) is 0 Å². The standard InChI is InChI=1S/C31H31N2/c1-18-9-10-20(3)29-26(18)24-12-11-19(2)27-30(24)33(29)25-17-22(15-21-7-5-6-8-21)16-23-13-14-32(4)31(27)28(23)25/h9-14,16-17,21H,5-8,15H2,1-4H3/q+1. The van der Waals surface area contributed by atoms with Gasteiger partial charge in [0.1, 0.15) is 7.05 Å². The molecule has 3 aromatic heterocycles. The average molecular weight is 432 g/mol. The van der Waals surface area contributed by atoms with Crippen molar-refractivity contribution in [3.63, 3.8) is 0 Å². The molecule has 0 spiro atoms. The van der Waals surface area contributed by atoms with Crippen LogP contribution in [0.15, 0.2) is 48.7 Å². The van der Waals surface area contributed by atoms with Crippen molar-refractivity contribution in [2.45, 2.75) is 52.9 Å². The van der Waals surface area contributed by atoms with Crippen LogP contribution in [0.1, 0.15) is 47.9 Å². The maximum absolute atomic E-state index is 2.61. The van der Waals surface area contributed by atoms with E-state index in [0.717, 1.165) is 5.92 Å². The second kappa shape index (κ2) is 6.70. The number of aryl methyl sites for hydroxylation is 4. The zero-order valence-corrected chi connectivity index (χ0v) is 20.1. The van der Waals surface area contributed by atoms with E-state index < -0.39 is 0 Å². The van der Waals surface area contributed by atoms with Gasteiger partial charge < -0.3 is 4.40 Å². The van der Waals surface area contributed by atoms with Crippen LogP contribution in [-0.4, -0.2) is 4.40 Å². The molecule has 2 heteroatoms. The first kappa shape index (κ1) is 19.3. The highest BCUT2D eigenvalue weighted by atomic mass is 15.0. The van der Waals surface area contributed by atoms with Crippen molar-refractivity contribution in [3.8, 4) is 0 Å². The first-order valence-corrected chi connectivity index (χ1v) is 12.5. The van der Waals surface area contributed by atoms with Crippen molar-refractivity contribution < 1.29 is 4.57 Å². The van der Waals surface area contributed by atoms with Crippen molar-refractivity contribution in [2.24, 2.45) is 13.0 Å². The summed E-state index contributed by atoms with van der Waals surface area (Å²) in [6.07, 6.45) is 9.05. The fourth-order valence-corrected chi connectivity index (χ4v) is 6.89. The number of benzene rings is 3. The molecule has 2 nitrogen and oxygen atoms in total. The normalized spacial score (nSPS) is 15.4. The molecule has 6 aromatic rings. The first-order chi connectivity index (χ1) is 16.0. The molecule has 1 fully saturated rings. The summed E-state index contributed by atoms with van der Waals surface area (Å²) in [6.45, 7) is 6.81. The quantitative estimate of drug-likeness (QED) is 0.153. The van der Waals surface area contributed by atoms with E-state index in [1.165, 1.54) is 103 Å². The Morgan fingerprint density at radius 2 is 1.55 bits per heavy atom. The van der Waals surface area contributed by atoms with Gasteiger partial charge in [0, 0.05) is 16.8 Å². The van der Waals surface area contributed by atoms with Gasteiger partial charge in [0.15, 0.2) is 6.20 Å². The minimum Gasteiger partial charge on any atom is -0.307 e. The highest BCUT2D eigenvalue weighted by molar-refractivity contribution is 6.26. The Hall–Kier alpha value is -3.13. The molecule has 3 heterocycles. The summed E-state index contributed by atoms with van der Waals surface area (Å²) in [7, 11) is 2.21. The third kappa shape index (κ3) is 2.52. The number of hydrogen-bond acceptors (Lipinski definition) is 0. The lowest BCUT2D eigenvalue weighted by atomic mass is 9.94. The molecule has 0 saturated heterocycles. The van der Waals surface area contributed by atoms with Crippen LogP contribution < -0.4 is 4.57 Å². The summed E-state index contributed by atoms with van der Waals surface area (Å²) in [5.41, 5.74) is 11.1. The van der Waals surface area contributed by atoms with Crippen LogP contribution in [-0.2, 0) is 13.5 Å². The molecule has 3 aromatic carbocycles. The van der Waals surface area contributed by atoms with E-state index in [9.17, 15) is 0 Å². The molecular formula is C31H31N2+. The van der Waals surface area contributed by atoms with Crippen LogP contribution in [0.4, 0.5) is 0 Å². The molecule has 7 rings (SSSR count). The highest BCUT2D eigenvalue weighted by Crippen LogP contribution is 2.43. The third-order valence-electron chi connectivity index (χ3n) is 8.44. The van der Waals surface area contributed by atoms with E-state index in [1.807, 2.05) is 0 Å². The Bertz CT molecular complexity index is 1730. The Balaban J connectivity index is 1.77. The number of pyridine rings is 2. The predicted octanol–water partition coefficient (Wildman–Crippen LogP) is 7.47. The topological polar surface area (TPSA) is 8.29 Å². The van der Waals surface area contributed by atoms with Gasteiger partial charge in [-0.2, -0.15) is 0 Å². The maximum atomic E-state index is 2.61. The lowest BCUT2D eigenvalue weighted by Gasteiger charge is -2.16. The molecule has 0 atom stereocenters. The molecule has 164 valence electrons. The van der Waals surface area contributed by atoms with Crippen molar-refractivity contribution >= 4 is 49.0 Å². The molecule has 0 N–H and O–H groups in total. The van der Waals surface area contributed by atoms with Crippen LogP contribution in [0.2, 0.25) is 0 Å². The minimum absolute atomic E-state index is 0.845. The number of rotatable bonds is 2. The van der Waals surface area contributed by atoms with Crippen LogP contribution in [0, 0.1) is 26.7 Å². The van der Waals surface area contributed by atoms with E-state index in [0.29, 0.717) is 0 Å². The summed E-state index contributed by atoms with van der Waals surface area (Å²) in [5, 5.41) is 6.97. The molecular weight excluding hydrogens is 400 g/mol. The Morgan fingerprint density at radius 1 is 0.818 bits per heavy atom. The van der Waals surface area contributed by atoms with Crippen molar-refractivity contribution in [1.82, 2.24) is 4.40 Å². The summed E-state index contributed by atoms with van der Waals surface area (Å²) in [6, 6.07) is 16.6. The van der Waals surface area contributed by atoms with E-state index >= 15 is 0 Å². The largest absolute Gasteiger partial charge is 0.307 e. The Morgan fingerprint density at radius 3 is 2.36 bits per heavy atom. The molecule has 1 aliphatic rings. The number of aromatic nitrogens is 2. The van der Waals surface area contributed by atoms with Crippen molar-refractivity contribution in [1.29, 1.82) is 0 Å². The lowest BCUT2D eigenvalue weighted by molar-refractivity contribution is -0.643. The van der Waals surface area contributed by atoms with Gasteiger partial charge in [-0.05, 0) is 66.8 Å². The summed E-state index contributed by atoms with van der Waals surface area (Å²) >= 11 is 0. The highest BCUT2D eigenvalue weighted by Gasteiger charge is 2.26. The summed E-state index contributed by atoms with van der Waals surface area (Å²) < 4.78 is 4.95. The summed E-state index contributed by atoms with van der Waals surface area (Å²) in [5.74, 6) is 0.845. The molecule has 1 saturated carbocycles. The number of nitrogens with zero attached hydrogens (tertiary/aromatic N) is 2. The zero-order valence-electron chi connectivity index (χ0n) is 20.1. The van der Waals surface area contributed by atoms with Gasteiger partial charge in [-0.25, -0.2) is 4.57 Å². The smallest absolute Gasteiger partial charge is 0.224 e. The fourth-order valence-electron chi connectivity index (χ4n) is 6.89. The molecule has 0 bridgehead atoms. The van der Waals surface area contributed by atoms with Gasteiger partial charge in [-0.1, -0.05) is 56.0 Å². The number of hydrogen-bond donors (Lipinski definition) is 0. The maximum Gasteiger partial charge on any atom is 0.224 e. The third-order valence-corrected chi connectivity index (χ3v) is 8.44. The second-order valence-electron chi connectivity index (χ2n) is 10.6. The molecule has 0 radical (unpaired) electrons. The average Bonchev–Trinajstić information content (AvgIpc) is 3.43. The van der Waals surface area contributed by atoms with E-state index in [1.54, 1.807) is 0 Å². The lowest BCUT2D eigenvalue weighted by Crippen LogP contribution is -2.29. The second-order valence-corrected chi connectivity index (χ2v) is 10.6. The molecule has 1 aliphatic carbocycles. The molecule has 0 unspecified atom stereocenters. The number of fused-ring (bicyclic) bond motifs is 5. The minimum atomic E-state index is 0.845. The molecule has 0 amide bonds. The summed E-state index contributed by atoms with van der Waals surface area (Å²) in [4.78, 5) is 0. The van der Waals surface area contributed by atoms with Crippen LogP contribution in [0.25, 0.3) is 49.0 Å². The predicted molar refractivity (Wildman–Crippen MR) is 140 cm³/mol. The Labute approximate surface area is 194 Å². The Kier molecular flexibility index (Phi) is 3.93. The van der Waals surface area contributed by atoms with Crippen molar-refractivity contribution in [2.75, 3.05) is 0 Å². The van der Waals surface area contributed by atoms with Gasteiger partial charge in [0.2, 0.25) is 5.52 Å². The first-order valence-electron chi connectivity index (χ1n) is 12.5. The van der Waals surface area contributed by atoms with E-state index in [2.05, 4.69) is 85.4 Å². The van der Waals surface area contributed by atoms with Gasteiger partial charge >= 0.3 is 0 Å². The molecule has 0 aliphatic heterocycles.